The van der Waals surface area contributed by atoms with Gasteiger partial charge in [-0.05, 0) is 61.9 Å². The van der Waals surface area contributed by atoms with E-state index in [4.69, 9.17) is 4.74 Å². The average Bonchev–Trinajstić information content (AvgIpc) is 3.16. The predicted octanol–water partition coefficient (Wildman–Crippen LogP) is 5.68. The Morgan fingerprint density at radius 3 is 2.36 bits per heavy atom. The SMILES string of the molecule is Cc1cccc(C)c1-c1cc2nc(n1)NS(=O)(=O)c1cccc(c1)C(=O)N1C[C@@H](CN(C3CCC(F)(F)CC3)C[C@@H]1C(C)C)O2. The van der Waals surface area contributed by atoms with Gasteiger partial charge in [-0.3, -0.25) is 9.69 Å². The number of amides is 1. The van der Waals surface area contributed by atoms with Crippen LogP contribution >= 0.6 is 0 Å². The van der Waals surface area contributed by atoms with E-state index in [1.54, 1.807) is 23.1 Å². The van der Waals surface area contributed by atoms with Crippen LogP contribution in [0.25, 0.3) is 11.3 Å². The van der Waals surface area contributed by atoms with E-state index in [1.165, 1.54) is 12.1 Å². The van der Waals surface area contributed by atoms with E-state index in [-0.39, 0.29) is 65.6 Å². The second kappa shape index (κ2) is 11.9. The first-order valence-corrected chi connectivity index (χ1v) is 17.0. The summed E-state index contributed by atoms with van der Waals surface area (Å²) in [5.74, 6) is -2.94. The summed E-state index contributed by atoms with van der Waals surface area (Å²) in [7, 11) is -4.16. The van der Waals surface area contributed by atoms with E-state index in [2.05, 4.69) is 19.6 Å². The van der Waals surface area contributed by atoms with Crippen LogP contribution in [0.2, 0.25) is 0 Å². The second-order valence-electron chi connectivity index (χ2n) is 12.9. The minimum Gasteiger partial charge on any atom is -0.471 e. The number of rotatable bonds is 3. The molecule has 9 nitrogen and oxygen atoms in total. The van der Waals surface area contributed by atoms with Crippen LogP contribution in [0.3, 0.4) is 0 Å². The molecule has 0 radical (unpaired) electrons. The van der Waals surface area contributed by atoms with Gasteiger partial charge in [-0.2, -0.15) is 4.98 Å². The van der Waals surface area contributed by atoms with Crippen molar-refractivity contribution in [1.82, 2.24) is 19.8 Å². The van der Waals surface area contributed by atoms with Crippen molar-refractivity contribution in [2.75, 3.05) is 24.4 Å². The first-order valence-electron chi connectivity index (χ1n) is 15.5. The number of fused-ring (bicyclic) bond motifs is 6. The third-order valence-corrected chi connectivity index (χ3v) is 10.6. The molecule has 1 amide bonds. The van der Waals surface area contributed by atoms with Crippen LogP contribution in [0.1, 0.15) is 61.0 Å². The predicted molar refractivity (Wildman–Crippen MR) is 167 cm³/mol. The number of ether oxygens (including phenoxy) is 1. The van der Waals surface area contributed by atoms with Gasteiger partial charge in [0.25, 0.3) is 15.9 Å². The normalized spacial score (nSPS) is 23.6. The van der Waals surface area contributed by atoms with E-state index in [0.29, 0.717) is 31.6 Å². The van der Waals surface area contributed by atoms with E-state index >= 15 is 0 Å². The first-order chi connectivity index (χ1) is 21.3. The highest BCUT2D eigenvalue weighted by atomic mass is 32.2. The second-order valence-corrected chi connectivity index (χ2v) is 14.5. The number of hydrogen-bond donors (Lipinski definition) is 1. The van der Waals surface area contributed by atoms with Crippen molar-refractivity contribution in [3.8, 4) is 17.1 Å². The van der Waals surface area contributed by atoms with E-state index < -0.39 is 22.0 Å². The van der Waals surface area contributed by atoms with Crippen LogP contribution in [-0.2, 0) is 10.0 Å². The highest BCUT2D eigenvalue weighted by molar-refractivity contribution is 7.92. The first kappa shape index (κ1) is 31.3. The fourth-order valence-electron chi connectivity index (χ4n) is 6.84. The molecule has 6 bridgehead atoms. The van der Waals surface area contributed by atoms with Crippen LogP contribution in [0.5, 0.6) is 5.88 Å². The average molecular weight is 640 g/mol. The Balaban J connectivity index is 1.49. The number of aromatic nitrogens is 2. The zero-order chi connectivity index (χ0) is 32.1. The Labute approximate surface area is 263 Å². The van der Waals surface area contributed by atoms with E-state index in [0.717, 1.165) is 16.7 Å². The van der Waals surface area contributed by atoms with Crippen molar-refractivity contribution in [2.45, 2.75) is 82.4 Å². The summed E-state index contributed by atoms with van der Waals surface area (Å²) in [5, 5.41) is 0. The topological polar surface area (TPSA) is 105 Å². The van der Waals surface area contributed by atoms with E-state index in [1.807, 2.05) is 45.9 Å². The van der Waals surface area contributed by atoms with Gasteiger partial charge in [0.1, 0.15) is 6.10 Å². The summed E-state index contributed by atoms with van der Waals surface area (Å²) < 4.78 is 64.5. The largest absolute Gasteiger partial charge is 0.471 e. The van der Waals surface area contributed by atoms with Gasteiger partial charge in [-0.15, -0.1) is 0 Å². The van der Waals surface area contributed by atoms with Crippen molar-refractivity contribution >= 4 is 21.9 Å². The molecule has 3 aromatic rings. The Kier molecular flexibility index (Phi) is 8.32. The number of aryl methyl sites for hydroxylation is 2. The molecule has 0 unspecified atom stereocenters. The lowest BCUT2D eigenvalue weighted by Gasteiger charge is -2.39. The fourth-order valence-corrected chi connectivity index (χ4v) is 7.83. The number of nitrogens with one attached hydrogen (secondary N) is 1. The number of carbonyl (C=O) groups excluding carboxylic acids is 1. The summed E-state index contributed by atoms with van der Waals surface area (Å²) >= 11 is 0. The molecule has 6 rings (SSSR count). The third-order valence-electron chi connectivity index (χ3n) is 9.24. The molecule has 1 saturated heterocycles. The highest BCUT2D eigenvalue weighted by Crippen LogP contribution is 2.37. The van der Waals surface area contributed by atoms with E-state index in [9.17, 15) is 22.0 Å². The molecular weight excluding hydrogens is 600 g/mol. The Bertz CT molecular complexity index is 1690. The van der Waals surface area contributed by atoms with Crippen molar-refractivity contribution < 1.29 is 26.7 Å². The molecule has 2 fully saturated rings. The number of nitrogens with zero attached hydrogens (tertiary/aromatic N) is 4. The monoisotopic (exact) mass is 639 g/mol. The molecule has 2 aromatic carbocycles. The van der Waals surface area contributed by atoms with Gasteiger partial charge in [-0.25, -0.2) is 26.9 Å². The van der Waals surface area contributed by atoms with Crippen LogP contribution in [0.4, 0.5) is 14.7 Å². The van der Waals surface area contributed by atoms with Gasteiger partial charge in [0.2, 0.25) is 17.8 Å². The van der Waals surface area contributed by atoms with Gasteiger partial charge in [-0.1, -0.05) is 38.1 Å². The van der Waals surface area contributed by atoms with Crippen LogP contribution in [0.15, 0.2) is 53.4 Å². The zero-order valence-electron chi connectivity index (χ0n) is 26.0. The van der Waals surface area contributed by atoms with Crippen molar-refractivity contribution in [3.63, 3.8) is 0 Å². The molecule has 3 heterocycles. The smallest absolute Gasteiger partial charge is 0.264 e. The van der Waals surface area contributed by atoms with Gasteiger partial charge in [0.15, 0.2) is 0 Å². The summed E-state index contributed by atoms with van der Waals surface area (Å²) in [4.78, 5) is 27.1. The molecule has 2 aliphatic heterocycles. The van der Waals surface area contributed by atoms with Gasteiger partial charge >= 0.3 is 0 Å². The quantitative estimate of drug-likeness (QED) is 0.393. The maximum absolute atomic E-state index is 14.2. The summed E-state index contributed by atoms with van der Waals surface area (Å²) in [5.41, 5.74) is 3.45. The standard InChI is InChI=1S/C33H39F2N5O4S/c1-20(2)28-19-39(24-11-13-33(34,35)14-12-24)17-25-18-40(28)31(41)23-9-6-10-26(15-23)45(42,43)38-32-36-27(16-29(37-32)44-25)30-21(3)7-5-8-22(30)4/h5-10,15-16,20,24-25,28H,11-14,17-19H2,1-4H3,(H,36,37,38)/t25-,28-/m1/s1. The molecule has 1 N–H and O–H groups in total. The molecule has 240 valence electrons. The Morgan fingerprint density at radius 1 is 0.978 bits per heavy atom. The molecule has 45 heavy (non-hydrogen) atoms. The Morgan fingerprint density at radius 2 is 1.67 bits per heavy atom. The number of alkyl halides is 2. The zero-order valence-corrected chi connectivity index (χ0v) is 26.8. The number of benzene rings is 2. The lowest BCUT2D eigenvalue weighted by molar-refractivity contribution is -0.0563. The van der Waals surface area contributed by atoms with Gasteiger partial charge < -0.3 is 9.64 Å². The molecule has 1 saturated carbocycles. The molecular formula is C33H39F2N5O4S. The molecule has 3 aliphatic rings. The third kappa shape index (κ3) is 6.53. The van der Waals surface area contributed by atoms with Crippen molar-refractivity contribution in [2.24, 2.45) is 5.92 Å². The summed E-state index contributed by atoms with van der Waals surface area (Å²) in [6, 6.07) is 13.2. The lowest BCUT2D eigenvalue weighted by atomic mass is 9.90. The highest BCUT2D eigenvalue weighted by Gasteiger charge is 2.42. The van der Waals surface area contributed by atoms with Crippen LogP contribution < -0.4 is 9.46 Å². The number of halogens is 2. The van der Waals surface area contributed by atoms with Crippen molar-refractivity contribution in [3.05, 3.63) is 65.2 Å². The maximum Gasteiger partial charge on any atom is 0.264 e. The minimum absolute atomic E-state index is 0.0331. The number of hydrogen-bond acceptors (Lipinski definition) is 7. The van der Waals surface area contributed by atoms with Crippen molar-refractivity contribution in [1.29, 1.82) is 0 Å². The number of carbonyl (C=O) groups is 1. The van der Waals surface area contributed by atoms with Crippen LogP contribution in [0, 0.1) is 19.8 Å². The minimum atomic E-state index is -4.16. The van der Waals surface area contributed by atoms with Crippen LogP contribution in [-0.4, -0.2) is 77.8 Å². The molecule has 1 aliphatic carbocycles. The summed E-state index contributed by atoms with van der Waals surface area (Å²) in [6.07, 6.45) is -0.200. The lowest BCUT2D eigenvalue weighted by Crippen LogP contribution is -2.50. The molecule has 1 aromatic heterocycles. The molecule has 0 spiro atoms. The van der Waals surface area contributed by atoms with Gasteiger partial charge in [0.05, 0.1) is 17.1 Å². The number of anilines is 1. The molecule has 2 atom stereocenters. The Hall–Kier alpha value is -3.64. The maximum atomic E-state index is 14.2. The number of sulfonamides is 1. The van der Waals surface area contributed by atoms with Gasteiger partial charge in [0, 0.05) is 55.2 Å². The summed E-state index contributed by atoms with van der Waals surface area (Å²) in [6.45, 7) is 9.07. The molecule has 12 heteroatoms. The fraction of sp³-hybridized carbons (Fsp3) is 0.485.